The molecule has 0 aliphatic heterocycles. The summed E-state index contributed by atoms with van der Waals surface area (Å²) >= 11 is 0.938. The van der Waals surface area contributed by atoms with Crippen molar-refractivity contribution in [1.82, 2.24) is 4.98 Å². The number of primary sulfonamides is 1. The minimum atomic E-state index is -3.80. The van der Waals surface area contributed by atoms with Gasteiger partial charge in [0.15, 0.2) is 5.13 Å². The molecule has 1 aromatic heterocycles. The van der Waals surface area contributed by atoms with Gasteiger partial charge in [-0.15, -0.1) is 0 Å². The van der Waals surface area contributed by atoms with Crippen LogP contribution in [0.25, 0.3) is 0 Å². The molecule has 5 N–H and O–H groups in total. The topological polar surface area (TPSA) is 145 Å². The molecule has 2 amide bonds. The fourth-order valence-electron chi connectivity index (χ4n) is 1.41. The summed E-state index contributed by atoms with van der Waals surface area (Å²) in [6.45, 7) is 0. The van der Waals surface area contributed by atoms with Gasteiger partial charge in [-0.1, -0.05) is 11.3 Å². The highest BCUT2D eigenvalue weighted by Crippen LogP contribution is 2.18. The van der Waals surface area contributed by atoms with Crippen molar-refractivity contribution in [3.8, 4) is 0 Å². The van der Waals surface area contributed by atoms with Crippen LogP contribution in [0, 0.1) is 0 Å². The van der Waals surface area contributed by atoms with Gasteiger partial charge in [-0.2, -0.15) is 0 Å². The van der Waals surface area contributed by atoms with Gasteiger partial charge in [-0.05, 0) is 24.3 Å². The standard InChI is InChI=1S/C11H10N4O4S2/c12-9(16)8-5-14-11(20-8)15-10(17)6-1-3-7(4-2-6)21(13,18)19/h1-5H,(H2,12,16)(H2,13,18,19)(H,14,15,17). The Balaban J connectivity index is 2.14. The molecule has 0 radical (unpaired) electrons. The van der Waals surface area contributed by atoms with Crippen molar-refractivity contribution in [3.63, 3.8) is 0 Å². The van der Waals surface area contributed by atoms with E-state index in [1.807, 2.05) is 0 Å². The summed E-state index contributed by atoms with van der Waals surface area (Å²) in [5, 5.41) is 7.64. The van der Waals surface area contributed by atoms with E-state index in [2.05, 4.69) is 10.3 Å². The van der Waals surface area contributed by atoms with Gasteiger partial charge in [0.25, 0.3) is 11.8 Å². The molecule has 0 unspecified atom stereocenters. The quantitative estimate of drug-likeness (QED) is 0.731. The van der Waals surface area contributed by atoms with Crippen LogP contribution in [0.15, 0.2) is 35.4 Å². The molecule has 8 nitrogen and oxygen atoms in total. The number of nitrogens with two attached hydrogens (primary N) is 2. The van der Waals surface area contributed by atoms with Crippen LogP contribution < -0.4 is 16.2 Å². The highest BCUT2D eigenvalue weighted by atomic mass is 32.2. The van der Waals surface area contributed by atoms with Crippen molar-refractivity contribution in [2.24, 2.45) is 10.9 Å². The lowest BCUT2D eigenvalue weighted by Crippen LogP contribution is -2.14. The van der Waals surface area contributed by atoms with Crippen molar-refractivity contribution < 1.29 is 18.0 Å². The van der Waals surface area contributed by atoms with Gasteiger partial charge in [0, 0.05) is 5.56 Å². The number of anilines is 1. The van der Waals surface area contributed by atoms with E-state index in [0.29, 0.717) is 0 Å². The van der Waals surface area contributed by atoms with Crippen LogP contribution in [-0.2, 0) is 10.0 Å². The first-order valence-electron chi connectivity index (χ1n) is 5.47. The smallest absolute Gasteiger partial charge is 0.260 e. The Kier molecular flexibility index (Phi) is 4.02. The molecule has 1 aromatic carbocycles. The zero-order valence-electron chi connectivity index (χ0n) is 10.4. The third-order valence-electron chi connectivity index (χ3n) is 2.41. The van der Waals surface area contributed by atoms with E-state index >= 15 is 0 Å². The zero-order chi connectivity index (χ0) is 15.6. The van der Waals surface area contributed by atoms with Gasteiger partial charge < -0.3 is 5.73 Å². The first-order chi connectivity index (χ1) is 9.77. The van der Waals surface area contributed by atoms with E-state index in [1.165, 1.54) is 30.5 Å². The number of aromatic nitrogens is 1. The predicted octanol–water partition coefficient (Wildman–Crippen LogP) is 0.142. The second-order valence-electron chi connectivity index (χ2n) is 3.92. The number of sulfonamides is 1. The minimum Gasteiger partial charge on any atom is -0.365 e. The number of rotatable bonds is 4. The van der Waals surface area contributed by atoms with Gasteiger partial charge in [0.1, 0.15) is 4.88 Å². The maximum Gasteiger partial charge on any atom is 0.260 e. The third kappa shape index (κ3) is 3.62. The summed E-state index contributed by atoms with van der Waals surface area (Å²) in [4.78, 5) is 26.8. The van der Waals surface area contributed by atoms with Gasteiger partial charge in [-0.25, -0.2) is 18.5 Å². The summed E-state index contributed by atoms with van der Waals surface area (Å²) < 4.78 is 22.2. The number of nitrogens with one attached hydrogen (secondary N) is 1. The Morgan fingerprint density at radius 1 is 1.19 bits per heavy atom. The zero-order valence-corrected chi connectivity index (χ0v) is 12.1. The Morgan fingerprint density at radius 3 is 2.29 bits per heavy atom. The van der Waals surface area contributed by atoms with Crippen LogP contribution in [0.1, 0.15) is 20.0 Å². The molecule has 0 spiro atoms. The lowest BCUT2D eigenvalue weighted by atomic mass is 10.2. The van der Waals surface area contributed by atoms with Gasteiger partial charge in [-0.3, -0.25) is 14.9 Å². The lowest BCUT2D eigenvalue weighted by Gasteiger charge is -2.02. The number of carbonyl (C=O) groups is 2. The molecule has 0 saturated carbocycles. The normalized spacial score (nSPS) is 11.1. The van der Waals surface area contributed by atoms with E-state index in [9.17, 15) is 18.0 Å². The SMILES string of the molecule is NC(=O)c1cnc(NC(=O)c2ccc(S(N)(=O)=O)cc2)s1. The molecule has 10 heteroatoms. The molecule has 110 valence electrons. The van der Waals surface area contributed by atoms with Crippen molar-refractivity contribution in [2.75, 3.05) is 5.32 Å². The molecule has 21 heavy (non-hydrogen) atoms. The largest absolute Gasteiger partial charge is 0.365 e. The molecule has 0 aliphatic rings. The molecular formula is C11H10N4O4S2. The maximum atomic E-state index is 11.9. The molecule has 0 bridgehead atoms. The Labute approximate surface area is 123 Å². The van der Waals surface area contributed by atoms with Crippen molar-refractivity contribution in [2.45, 2.75) is 4.90 Å². The van der Waals surface area contributed by atoms with Crippen LogP contribution >= 0.6 is 11.3 Å². The van der Waals surface area contributed by atoms with E-state index in [4.69, 9.17) is 10.9 Å². The summed E-state index contributed by atoms with van der Waals surface area (Å²) in [6.07, 6.45) is 1.26. The molecular weight excluding hydrogens is 316 g/mol. The van der Waals surface area contributed by atoms with E-state index in [-0.39, 0.29) is 20.5 Å². The highest BCUT2D eigenvalue weighted by Gasteiger charge is 2.13. The van der Waals surface area contributed by atoms with Gasteiger partial charge in [0.05, 0.1) is 11.1 Å². The fraction of sp³-hybridized carbons (Fsp3) is 0. The first-order valence-corrected chi connectivity index (χ1v) is 7.83. The number of benzene rings is 1. The van der Waals surface area contributed by atoms with Gasteiger partial charge >= 0.3 is 0 Å². The highest BCUT2D eigenvalue weighted by molar-refractivity contribution is 7.89. The van der Waals surface area contributed by atoms with Gasteiger partial charge in [0.2, 0.25) is 10.0 Å². The summed E-state index contributed by atoms with van der Waals surface area (Å²) in [5.74, 6) is -1.13. The number of carbonyl (C=O) groups excluding carboxylic acids is 2. The predicted molar refractivity (Wildman–Crippen MR) is 76.4 cm³/mol. The molecule has 0 aliphatic carbocycles. The summed E-state index contributed by atoms with van der Waals surface area (Å²) in [5.41, 5.74) is 5.30. The second-order valence-corrected chi connectivity index (χ2v) is 6.51. The second kappa shape index (κ2) is 5.60. The van der Waals surface area contributed by atoms with Crippen LogP contribution in [0.5, 0.6) is 0 Å². The molecule has 0 atom stereocenters. The van der Waals surface area contributed by atoms with Crippen LogP contribution in [0.4, 0.5) is 5.13 Å². The number of amides is 2. The fourth-order valence-corrected chi connectivity index (χ4v) is 2.59. The Bertz CT molecular complexity index is 796. The number of hydrogen-bond acceptors (Lipinski definition) is 6. The first kappa shape index (κ1) is 15.1. The number of nitrogens with zero attached hydrogens (tertiary/aromatic N) is 1. The maximum absolute atomic E-state index is 11.9. The van der Waals surface area contributed by atoms with Crippen LogP contribution in [0.3, 0.4) is 0 Å². The molecule has 0 saturated heterocycles. The van der Waals surface area contributed by atoms with E-state index in [1.54, 1.807) is 0 Å². The molecule has 2 rings (SSSR count). The van der Waals surface area contributed by atoms with Crippen molar-refractivity contribution in [3.05, 3.63) is 40.9 Å². The van der Waals surface area contributed by atoms with E-state index < -0.39 is 21.8 Å². The van der Waals surface area contributed by atoms with Crippen molar-refractivity contribution >= 4 is 38.3 Å². The van der Waals surface area contributed by atoms with E-state index in [0.717, 1.165) is 11.3 Å². The molecule has 2 aromatic rings. The van der Waals surface area contributed by atoms with Crippen molar-refractivity contribution in [1.29, 1.82) is 0 Å². The molecule has 0 fully saturated rings. The lowest BCUT2D eigenvalue weighted by molar-refractivity contribution is 0.100. The summed E-state index contributed by atoms with van der Waals surface area (Å²) in [7, 11) is -3.80. The monoisotopic (exact) mass is 326 g/mol. The minimum absolute atomic E-state index is 0.0932. The average Bonchev–Trinajstić information content (AvgIpc) is 2.86. The third-order valence-corrected chi connectivity index (χ3v) is 4.27. The Morgan fingerprint density at radius 2 is 1.81 bits per heavy atom. The Hall–Kier alpha value is -2.30. The van der Waals surface area contributed by atoms with Crippen LogP contribution in [0.2, 0.25) is 0 Å². The average molecular weight is 326 g/mol. The molecule has 1 heterocycles. The number of thiazole rings is 1. The number of primary amides is 1. The van der Waals surface area contributed by atoms with Crippen LogP contribution in [-0.4, -0.2) is 25.2 Å². The summed E-state index contributed by atoms with van der Waals surface area (Å²) in [6, 6.07) is 5.08. The number of hydrogen-bond donors (Lipinski definition) is 3.